The maximum Gasteiger partial charge on any atom is 0.257 e. The monoisotopic (exact) mass is 400 g/mol. The average Bonchev–Trinajstić information content (AvgIpc) is 3.04. The number of carbonyl (C=O) groups excluding carboxylic acids is 1. The van der Waals surface area contributed by atoms with Crippen LogP contribution in [0.5, 0.6) is 5.75 Å². The molecule has 1 aromatic heterocycles. The van der Waals surface area contributed by atoms with Crippen molar-refractivity contribution in [3.8, 4) is 5.75 Å². The number of hydrogen-bond donors (Lipinski definition) is 2. The second-order valence-electron chi connectivity index (χ2n) is 5.85. The Hall–Kier alpha value is -2.27. The van der Waals surface area contributed by atoms with Crippen LogP contribution >= 0.6 is 15.9 Å². The molecule has 0 spiro atoms. The molecule has 0 atom stereocenters. The molecule has 2 N–H and O–H groups in total. The van der Waals surface area contributed by atoms with E-state index in [-0.39, 0.29) is 12.5 Å². The summed E-state index contributed by atoms with van der Waals surface area (Å²) in [5.74, 6) is 0.569. The molecule has 0 bridgehead atoms. The molecule has 4 nitrogen and oxygen atoms in total. The van der Waals surface area contributed by atoms with Crippen LogP contribution in [-0.4, -0.2) is 24.0 Å². The number of amides is 1. The molecule has 5 heteroatoms. The van der Waals surface area contributed by atoms with Gasteiger partial charge >= 0.3 is 0 Å². The normalized spacial score (nSPS) is 10.8. The van der Waals surface area contributed by atoms with E-state index >= 15 is 0 Å². The molecule has 3 rings (SSSR count). The van der Waals surface area contributed by atoms with Gasteiger partial charge in [0.05, 0.1) is 0 Å². The number of aromatic amines is 1. The standard InChI is InChI=1S/C20H21BrN2O2/c1-2-14-4-3-5-18-15(12-23-20(14)18)10-11-22-19(24)13-25-17-8-6-16(21)7-9-17/h3-9,12,23H,2,10-11,13H2,1H3,(H,22,24). The summed E-state index contributed by atoms with van der Waals surface area (Å²) < 4.78 is 6.45. The first-order valence-corrected chi connectivity index (χ1v) is 9.19. The number of benzene rings is 2. The van der Waals surface area contributed by atoms with Gasteiger partial charge in [-0.2, -0.15) is 0 Å². The van der Waals surface area contributed by atoms with Crippen molar-refractivity contribution in [2.45, 2.75) is 19.8 Å². The van der Waals surface area contributed by atoms with E-state index in [1.54, 1.807) is 0 Å². The summed E-state index contributed by atoms with van der Waals surface area (Å²) >= 11 is 3.37. The number of hydrogen-bond acceptors (Lipinski definition) is 2. The molecular weight excluding hydrogens is 380 g/mol. The third-order valence-electron chi connectivity index (χ3n) is 4.17. The van der Waals surface area contributed by atoms with Crippen LogP contribution in [0.25, 0.3) is 10.9 Å². The van der Waals surface area contributed by atoms with Crippen LogP contribution in [0.1, 0.15) is 18.1 Å². The van der Waals surface area contributed by atoms with E-state index < -0.39 is 0 Å². The van der Waals surface area contributed by atoms with Gasteiger partial charge in [0.2, 0.25) is 0 Å². The first-order valence-electron chi connectivity index (χ1n) is 8.40. The summed E-state index contributed by atoms with van der Waals surface area (Å²) in [6.07, 6.45) is 3.83. The van der Waals surface area contributed by atoms with E-state index in [1.165, 1.54) is 22.0 Å². The van der Waals surface area contributed by atoms with Crippen molar-refractivity contribution in [1.29, 1.82) is 0 Å². The van der Waals surface area contributed by atoms with Crippen molar-refractivity contribution in [1.82, 2.24) is 10.3 Å². The van der Waals surface area contributed by atoms with E-state index in [1.807, 2.05) is 30.5 Å². The fraction of sp³-hybridized carbons (Fsp3) is 0.250. The van der Waals surface area contributed by atoms with Crippen LogP contribution in [-0.2, 0) is 17.6 Å². The van der Waals surface area contributed by atoms with Crippen molar-refractivity contribution in [2.24, 2.45) is 0 Å². The Morgan fingerprint density at radius 1 is 1.16 bits per heavy atom. The van der Waals surface area contributed by atoms with Crippen molar-refractivity contribution in [2.75, 3.05) is 13.2 Å². The Balaban J connectivity index is 1.49. The molecule has 25 heavy (non-hydrogen) atoms. The highest BCUT2D eigenvalue weighted by atomic mass is 79.9. The largest absolute Gasteiger partial charge is 0.484 e. The predicted octanol–water partition coefficient (Wildman–Crippen LogP) is 4.23. The van der Waals surface area contributed by atoms with Gasteiger partial charge in [0, 0.05) is 28.1 Å². The Kier molecular flexibility index (Phi) is 5.76. The second kappa shape index (κ2) is 8.21. The van der Waals surface area contributed by atoms with E-state index in [0.29, 0.717) is 12.3 Å². The van der Waals surface area contributed by atoms with Crippen LogP contribution in [0.15, 0.2) is 53.1 Å². The van der Waals surface area contributed by atoms with Gasteiger partial charge < -0.3 is 15.0 Å². The highest BCUT2D eigenvalue weighted by molar-refractivity contribution is 9.10. The first-order chi connectivity index (χ1) is 12.2. The van der Waals surface area contributed by atoms with E-state index in [9.17, 15) is 4.79 Å². The van der Waals surface area contributed by atoms with Crippen LogP contribution in [0.4, 0.5) is 0 Å². The Bertz CT molecular complexity index is 856. The number of fused-ring (bicyclic) bond motifs is 1. The van der Waals surface area contributed by atoms with Gasteiger partial charge in [-0.25, -0.2) is 0 Å². The molecule has 0 aliphatic carbocycles. The van der Waals surface area contributed by atoms with Crippen molar-refractivity contribution >= 4 is 32.7 Å². The first kappa shape index (κ1) is 17.5. The highest BCUT2D eigenvalue weighted by Crippen LogP contribution is 2.22. The molecule has 0 radical (unpaired) electrons. The minimum Gasteiger partial charge on any atom is -0.484 e. The van der Waals surface area contributed by atoms with Crippen molar-refractivity contribution < 1.29 is 9.53 Å². The third-order valence-corrected chi connectivity index (χ3v) is 4.70. The molecule has 0 unspecified atom stereocenters. The molecule has 0 aliphatic heterocycles. The Labute approximate surface area is 155 Å². The van der Waals surface area contributed by atoms with Gasteiger partial charge in [0.25, 0.3) is 5.91 Å². The molecule has 2 aromatic carbocycles. The minimum atomic E-state index is -0.114. The van der Waals surface area contributed by atoms with Crippen molar-refractivity contribution in [3.63, 3.8) is 0 Å². The molecule has 1 heterocycles. The zero-order valence-corrected chi connectivity index (χ0v) is 15.7. The van der Waals surface area contributed by atoms with E-state index in [2.05, 4.69) is 51.4 Å². The molecule has 0 aliphatic rings. The minimum absolute atomic E-state index is 0.0233. The highest BCUT2D eigenvalue weighted by Gasteiger charge is 2.07. The number of carbonyl (C=O) groups is 1. The summed E-state index contributed by atoms with van der Waals surface area (Å²) in [6, 6.07) is 13.8. The molecular formula is C20H21BrN2O2. The number of para-hydroxylation sites is 1. The lowest BCUT2D eigenvalue weighted by atomic mass is 10.1. The number of rotatable bonds is 7. The Morgan fingerprint density at radius 3 is 2.72 bits per heavy atom. The maximum absolute atomic E-state index is 11.9. The van der Waals surface area contributed by atoms with E-state index in [4.69, 9.17) is 4.74 Å². The molecule has 1 amide bonds. The number of ether oxygens (including phenoxy) is 1. The van der Waals surface area contributed by atoms with Gasteiger partial charge in [-0.15, -0.1) is 0 Å². The average molecular weight is 401 g/mol. The quantitative estimate of drug-likeness (QED) is 0.623. The second-order valence-corrected chi connectivity index (χ2v) is 6.77. The fourth-order valence-electron chi connectivity index (χ4n) is 2.84. The summed E-state index contributed by atoms with van der Waals surface area (Å²) in [7, 11) is 0. The Morgan fingerprint density at radius 2 is 1.96 bits per heavy atom. The van der Waals surface area contributed by atoms with Crippen LogP contribution in [0.3, 0.4) is 0 Å². The zero-order chi connectivity index (χ0) is 17.6. The SMILES string of the molecule is CCc1cccc2c(CCNC(=O)COc3ccc(Br)cc3)c[nH]c12. The topological polar surface area (TPSA) is 54.1 Å². The third kappa shape index (κ3) is 4.42. The molecule has 3 aromatic rings. The molecule has 0 saturated carbocycles. The lowest BCUT2D eigenvalue weighted by Gasteiger charge is -2.07. The van der Waals surface area contributed by atoms with Gasteiger partial charge in [0.15, 0.2) is 6.61 Å². The fourth-order valence-corrected chi connectivity index (χ4v) is 3.11. The molecule has 0 fully saturated rings. The van der Waals surface area contributed by atoms with E-state index in [0.717, 1.165) is 17.3 Å². The zero-order valence-electron chi connectivity index (χ0n) is 14.1. The summed E-state index contributed by atoms with van der Waals surface area (Å²) in [4.78, 5) is 15.3. The summed E-state index contributed by atoms with van der Waals surface area (Å²) in [5, 5.41) is 4.14. The van der Waals surface area contributed by atoms with Crippen LogP contribution in [0, 0.1) is 0 Å². The van der Waals surface area contributed by atoms with Gasteiger partial charge in [-0.1, -0.05) is 41.1 Å². The van der Waals surface area contributed by atoms with Crippen LogP contribution < -0.4 is 10.1 Å². The van der Waals surface area contributed by atoms with Gasteiger partial charge in [0.1, 0.15) is 5.75 Å². The van der Waals surface area contributed by atoms with Crippen LogP contribution in [0.2, 0.25) is 0 Å². The lowest BCUT2D eigenvalue weighted by Crippen LogP contribution is -2.30. The summed E-state index contributed by atoms with van der Waals surface area (Å²) in [5.41, 5.74) is 3.74. The smallest absolute Gasteiger partial charge is 0.257 e. The van der Waals surface area contributed by atoms with Crippen molar-refractivity contribution in [3.05, 3.63) is 64.3 Å². The summed E-state index contributed by atoms with van der Waals surface area (Å²) in [6.45, 7) is 2.77. The van der Waals surface area contributed by atoms with Gasteiger partial charge in [-0.3, -0.25) is 4.79 Å². The van der Waals surface area contributed by atoms with Gasteiger partial charge in [-0.05, 0) is 48.2 Å². The number of halogens is 1. The molecule has 130 valence electrons. The maximum atomic E-state index is 11.9. The number of nitrogens with one attached hydrogen (secondary N) is 2. The lowest BCUT2D eigenvalue weighted by molar-refractivity contribution is -0.123. The number of H-pyrrole nitrogens is 1. The predicted molar refractivity (Wildman–Crippen MR) is 104 cm³/mol. The molecule has 0 saturated heterocycles. The number of aromatic nitrogens is 1. The number of aryl methyl sites for hydroxylation is 1.